The minimum absolute atomic E-state index is 0.199. The molecule has 0 amide bonds. The molecule has 0 aliphatic rings. The highest BCUT2D eigenvalue weighted by molar-refractivity contribution is 6.31. The lowest BCUT2D eigenvalue weighted by Crippen LogP contribution is -2.07. The molecule has 3 nitrogen and oxygen atoms in total. The molecule has 0 N–H and O–H groups in total. The van der Waals surface area contributed by atoms with Crippen molar-refractivity contribution in [3.8, 4) is 0 Å². The van der Waals surface area contributed by atoms with Crippen LogP contribution in [-0.2, 0) is 23.0 Å². The smallest absolute Gasteiger partial charge is 0.310 e. The Morgan fingerprint density at radius 1 is 1.47 bits per heavy atom. The first kappa shape index (κ1) is 12.0. The van der Waals surface area contributed by atoms with Crippen molar-refractivity contribution in [1.29, 1.82) is 0 Å². The molecule has 0 unspecified atom stereocenters. The van der Waals surface area contributed by atoms with E-state index < -0.39 is 0 Å². The fourth-order valence-electron chi connectivity index (χ4n) is 1.95. The maximum Gasteiger partial charge on any atom is 0.310 e. The fourth-order valence-corrected chi connectivity index (χ4v) is 2.12. The van der Waals surface area contributed by atoms with Crippen LogP contribution < -0.4 is 0 Å². The first-order valence-electron chi connectivity index (χ1n) is 5.51. The second kappa shape index (κ2) is 4.80. The number of benzene rings is 1. The van der Waals surface area contributed by atoms with E-state index in [0.29, 0.717) is 18.1 Å². The van der Waals surface area contributed by atoms with Gasteiger partial charge in [-0.25, -0.2) is 0 Å². The van der Waals surface area contributed by atoms with Crippen LogP contribution in [-0.4, -0.2) is 17.1 Å². The van der Waals surface area contributed by atoms with Gasteiger partial charge in [0.15, 0.2) is 0 Å². The largest absolute Gasteiger partial charge is 0.466 e. The van der Waals surface area contributed by atoms with Gasteiger partial charge in [-0.2, -0.15) is 0 Å². The summed E-state index contributed by atoms with van der Waals surface area (Å²) in [7, 11) is 1.94. The molecule has 0 aliphatic carbocycles. The topological polar surface area (TPSA) is 31.2 Å². The highest BCUT2D eigenvalue weighted by Gasteiger charge is 2.11. The summed E-state index contributed by atoms with van der Waals surface area (Å²) >= 11 is 5.95. The molecule has 2 rings (SSSR count). The molecule has 0 saturated carbocycles. The van der Waals surface area contributed by atoms with E-state index in [-0.39, 0.29) is 5.97 Å². The van der Waals surface area contributed by atoms with Gasteiger partial charge in [0.2, 0.25) is 0 Å². The highest BCUT2D eigenvalue weighted by Crippen LogP contribution is 2.24. The van der Waals surface area contributed by atoms with Gasteiger partial charge < -0.3 is 9.30 Å². The first-order chi connectivity index (χ1) is 8.11. The third-order valence-corrected chi connectivity index (χ3v) is 2.91. The average molecular weight is 252 g/mol. The molecule has 0 atom stereocenters. The van der Waals surface area contributed by atoms with Crippen molar-refractivity contribution in [3.63, 3.8) is 0 Å². The Kier molecular flexibility index (Phi) is 3.38. The van der Waals surface area contributed by atoms with Crippen LogP contribution in [0.5, 0.6) is 0 Å². The van der Waals surface area contributed by atoms with Crippen LogP contribution in [0.2, 0.25) is 5.02 Å². The zero-order valence-corrected chi connectivity index (χ0v) is 10.6. The number of aryl methyl sites for hydroxylation is 1. The molecule has 4 heteroatoms. The van der Waals surface area contributed by atoms with E-state index in [0.717, 1.165) is 16.5 Å². The zero-order valence-electron chi connectivity index (χ0n) is 9.87. The average Bonchev–Trinajstić information content (AvgIpc) is 2.56. The van der Waals surface area contributed by atoms with Crippen molar-refractivity contribution >= 4 is 28.5 Å². The summed E-state index contributed by atoms with van der Waals surface area (Å²) < 4.78 is 6.92. The molecule has 2 aromatic rings. The van der Waals surface area contributed by atoms with Crippen LogP contribution in [0.4, 0.5) is 0 Å². The molecule has 0 aliphatic heterocycles. The van der Waals surface area contributed by atoms with Crippen LogP contribution >= 0.6 is 11.6 Å². The van der Waals surface area contributed by atoms with Crippen molar-refractivity contribution in [1.82, 2.24) is 4.57 Å². The molecule has 1 aromatic carbocycles. The summed E-state index contributed by atoms with van der Waals surface area (Å²) in [5.74, 6) is -0.199. The Balaban J connectivity index is 2.38. The van der Waals surface area contributed by atoms with Gasteiger partial charge in [-0.15, -0.1) is 0 Å². The Hall–Kier alpha value is -1.48. The molecule has 1 aromatic heterocycles. The van der Waals surface area contributed by atoms with Crippen LogP contribution in [0.3, 0.4) is 0 Å². The number of carbonyl (C=O) groups is 1. The summed E-state index contributed by atoms with van der Waals surface area (Å²) in [4.78, 5) is 11.5. The van der Waals surface area contributed by atoms with Gasteiger partial charge in [0.05, 0.1) is 13.0 Å². The SMILES string of the molecule is CCOC(=O)Cc1cn(C)c2cc(Cl)ccc12. The van der Waals surface area contributed by atoms with Gasteiger partial charge in [0, 0.05) is 29.2 Å². The monoisotopic (exact) mass is 251 g/mol. The molecule has 90 valence electrons. The lowest BCUT2D eigenvalue weighted by Gasteiger charge is -2.00. The summed E-state index contributed by atoms with van der Waals surface area (Å²) in [6, 6.07) is 5.66. The third kappa shape index (κ3) is 2.44. The minimum Gasteiger partial charge on any atom is -0.466 e. The van der Waals surface area contributed by atoms with Crippen LogP contribution in [0.25, 0.3) is 10.9 Å². The number of hydrogen-bond acceptors (Lipinski definition) is 2. The Morgan fingerprint density at radius 2 is 2.24 bits per heavy atom. The summed E-state index contributed by atoms with van der Waals surface area (Å²) in [6.45, 7) is 2.22. The standard InChI is InChI=1S/C13H14ClNO2/c1-3-17-13(16)6-9-8-15(2)12-7-10(14)4-5-11(9)12/h4-5,7-8H,3,6H2,1-2H3. The normalized spacial score (nSPS) is 10.8. The van der Waals surface area contributed by atoms with E-state index in [4.69, 9.17) is 16.3 Å². The number of nitrogens with zero attached hydrogens (tertiary/aromatic N) is 1. The maximum absolute atomic E-state index is 11.5. The van der Waals surface area contributed by atoms with Crippen molar-refractivity contribution < 1.29 is 9.53 Å². The highest BCUT2D eigenvalue weighted by atomic mass is 35.5. The van der Waals surface area contributed by atoms with Gasteiger partial charge >= 0.3 is 5.97 Å². The van der Waals surface area contributed by atoms with Gasteiger partial charge in [0.25, 0.3) is 0 Å². The fraction of sp³-hybridized carbons (Fsp3) is 0.308. The van der Waals surface area contributed by atoms with Crippen molar-refractivity contribution in [2.75, 3.05) is 6.61 Å². The summed E-state index contributed by atoms with van der Waals surface area (Å²) in [6.07, 6.45) is 2.24. The molecule has 1 heterocycles. The molecule has 0 fully saturated rings. The predicted octanol–water partition coefficient (Wildman–Crippen LogP) is 2.94. The quantitative estimate of drug-likeness (QED) is 0.786. The number of esters is 1. The lowest BCUT2D eigenvalue weighted by molar-refractivity contribution is -0.142. The Bertz CT molecular complexity index is 560. The lowest BCUT2D eigenvalue weighted by atomic mass is 10.1. The van der Waals surface area contributed by atoms with E-state index in [1.165, 1.54) is 0 Å². The predicted molar refractivity (Wildman–Crippen MR) is 68.3 cm³/mol. The maximum atomic E-state index is 11.5. The molecule has 0 spiro atoms. The van der Waals surface area contributed by atoms with Crippen LogP contribution in [0.15, 0.2) is 24.4 Å². The van der Waals surface area contributed by atoms with Crippen molar-refractivity contribution in [2.24, 2.45) is 7.05 Å². The number of rotatable bonds is 3. The Morgan fingerprint density at radius 3 is 2.94 bits per heavy atom. The third-order valence-electron chi connectivity index (χ3n) is 2.68. The first-order valence-corrected chi connectivity index (χ1v) is 5.88. The van der Waals surface area contributed by atoms with E-state index in [1.807, 2.05) is 36.0 Å². The molecule has 0 radical (unpaired) electrons. The molecule has 0 saturated heterocycles. The second-order valence-electron chi connectivity index (χ2n) is 3.91. The van der Waals surface area contributed by atoms with E-state index in [1.54, 1.807) is 6.92 Å². The van der Waals surface area contributed by atoms with E-state index in [2.05, 4.69) is 0 Å². The zero-order chi connectivity index (χ0) is 12.4. The number of aromatic nitrogens is 1. The van der Waals surface area contributed by atoms with Crippen molar-refractivity contribution in [2.45, 2.75) is 13.3 Å². The van der Waals surface area contributed by atoms with Gasteiger partial charge in [-0.05, 0) is 24.6 Å². The number of ether oxygens (including phenoxy) is 1. The number of halogens is 1. The van der Waals surface area contributed by atoms with Crippen LogP contribution in [0, 0.1) is 0 Å². The van der Waals surface area contributed by atoms with Gasteiger partial charge in [-0.3, -0.25) is 4.79 Å². The summed E-state index contributed by atoms with van der Waals surface area (Å²) in [5, 5.41) is 1.74. The van der Waals surface area contributed by atoms with Gasteiger partial charge in [0.1, 0.15) is 0 Å². The second-order valence-corrected chi connectivity index (χ2v) is 4.34. The van der Waals surface area contributed by atoms with E-state index in [9.17, 15) is 4.79 Å². The number of carbonyl (C=O) groups excluding carboxylic acids is 1. The van der Waals surface area contributed by atoms with Crippen LogP contribution in [0.1, 0.15) is 12.5 Å². The molecular weight excluding hydrogens is 238 g/mol. The molecule has 17 heavy (non-hydrogen) atoms. The number of fused-ring (bicyclic) bond motifs is 1. The molecular formula is C13H14ClNO2. The van der Waals surface area contributed by atoms with E-state index >= 15 is 0 Å². The Labute approximate surface area is 105 Å². The molecule has 0 bridgehead atoms. The number of hydrogen-bond donors (Lipinski definition) is 0. The minimum atomic E-state index is -0.199. The van der Waals surface area contributed by atoms with Gasteiger partial charge in [-0.1, -0.05) is 17.7 Å². The summed E-state index contributed by atoms with van der Waals surface area (Å²) in [5.41, 5.74) is 1.99. The van der Waals surface area contributed by atoms with Crippen molar-refractivity contribution in [3.05, 3.63) is 35.0 Å².